The molecule has 7 nitrogen and oxygen atoms in total. The van der Waals surface area contributed by atoms with Crippen molar-refractivity contribution in [1.29, 1.82) is 0 Å². The molecule has 0 atom stereocenters. The van der Waals surface area contributed by atoms with Gasteiger partial charge < -0.3 is 20.9 Å². The van der Waals surface area contributed by atoms with Crippen LogP contribution in [-0.4, -0.2) is 49.8 Å². The molecule has 18 heavy (non-hydrogen) atoms. The van der Waals surface area contributed by atoms with E-state index in [0.29, 0.717) is 19.6 Å². The number of nitrogens with two attached hydrogens (primary N) is 1. The van der Waals surface area contributed by atoms with Gasteiger partial charge in [-0.15, -0.1) is 0 Å². The van der Waals surface area contributed by atoms with Gasteiger partial charge in [0.2, 0.25) is 5.91 Å². The summed E-state index contributed by atoms with van der Waals surface area (Å²) in [6.45, 7) is 4.55. The van der Waals surface area contributed by atoms with Crippen molar-refractivity contribution in [3.05, 3.63) is 0 Å². The van der Waals surface area contributed by atoms with Crippen molar-refractivity contribution in [1.82, 2.24) is 10.6 Å². The summed E-state index contributed by atoms with van der Waals surface area (Å²) < 4.78 is 31.8. The minimum absolute atomic E-state index is 0. The number of hydrogen-bond acceptors (Lipinski definition) is 6. The summed E-state index contributed by atoms with van der Waals surface area (Å²) in [5.41, 5.74) is 4.20. The Balaban J connectivity index is 0. The van der Waals surface area contributed by atoms with Crippen molar-refractivity contribution < 1.29 is 47.3 Å². The topological polar surface area (TPSA) is 124 Å². The molecule has 4 N–H and O–H groups in total. The SMILES string of the molecule is CC(C)(CS(=O)(=O)[O-])NC(=O)CCNCCN.[Na+]. The van der Waals surface area contributed by atoms with E-state index in [-0.39, 0.29) is 41.9 Å². The third-order valence-corrected chi connectivity index (χ3v) is 2.94. The maximum absolute atomic E-state index is 11.4. The summed E-state index contributed by atoms with van der Waals surface area (Å²) >= 11 is 0. The minimum atomic E-state index is -4.35. The van der Waals surface area contributed by atoms with Crippen molar-refractivity contribution in [2.75, 3.05) is 25.4 Å². The van der Waals surface area contributed by atoms with Gasteiger partial charge in [-0.3, -0.25) is 4.79 Å². The molecular weight excluding hydrogens is 269 g/mol. The van der Waals surface area contributed by atoms with E-state index in [2.05, 4.69) is 10.6 Å². The predicted octanol–water partition coefficient (Wildman–Crippen LogP) is -4.63. The number of carbonyl (C=O) groups is 1. The fourth-order valence-corrected chi connectivity index (χ4v) is 2.30. The van der Waals surface area contributed by atoms with Crippen LogP contribution in [0.15, 0.2) is 0 Å². The fourth-order valence-electron chi connectivity index (χ4n) is 1.35. The molecule has 0 aliphatic heterocycles. The Labute approximate surface area is 130 Å². The second-order valence-electron chi connectivity index (χ2n) is 4.42. The summed E-state index contributed by atoms with van der Waals surface area (Å²) in [4.78, 5) is 11.4. The first-order valence-corrected chi connectivity index (χ1v) is 6.89. The van der Waals surface area contributed by atoms with E-state index in [0.717, 1.165) is 0 Å². The third-order valence-electron chi connectivity index (χ3n) is 1.87. The Morgan fingerprint density at radius 1 is 1.33 bits per heavy atom. The molecule has 9 heteroatoms. The summed E-state index contributed by atoms with van der Waals surface area (Å²) in [6, 6.07) is 0. The molecular formula is C9H20N3NaO4S. The molecule has 0 spiro atoms. The van der Waals surface area contributed by atoms with E-state index in [1.54, 1.807) is 0 Å². The molecule has 0 aliphatic rings. The van der Waals surface area contributed by atoms with Gasteiger partial charge in [0.05, 0.1) is 15.9 Å². The van der Waals surface area contributed by atoms with Gasteiger partial charge in [0.15, 0.2) is 0 Å². The molecule has 0 saturated heterocycles. The van der Waals surface area contributed by atoms with Crippen LogP contribution in [0.3, 0.4) is 0 Å². The zero-order chi connectivity index (χ0) is 13.5. The first-order chi connectivity index (χ1) is 7.66. The molecule has 0 aromatic rings. The zero-order valence-electron chi connectivity index (χ0n) is 11.2. The van der Waals surface area contributed by atoms with Crippen LogP contribution >= 0.6 is 0 Å². The monoisotopic (exact) mass is 289 g/mol. The summed E-state index contributed by atoms with van der Waals surface area (Å²) in [7, 11) is -4.35. The maximum atomic E-state index is 11.4. The number of hydrogen-bond donors (Lipinski definition) is 3. The summed E-state index contributed by atoms with van der Waals surface area (Å²) in [5.74, 6) is -0.926. The number of amides is 1. The molecule has 0 saturated carbocycles. The van der Waals surface area contributed by atoms with Gasteiger partial charge in [0, 0.05) is 31.6 Å². The summed E-state index contributed by atoms with van der Waals surface area (Å²) in [5, 5.41) is 5.43. The van der Waals surface area contributed by atoms with Crippen molar-refractivity contribution >= 4 is 16.0 Å². The third kappa shape index (κ3) is 12.7. The second-order valence-corrected chi connectivity index (χ2v) is 5.83. The molecule has 0 aliphatic carbocycles. The normalized spacial score (nSPS) is 11.8. The van der Waals surface area contributed by atoms with E-state index in [9.17, 15) is 17.8 Å². The Bertz CT molecular complexity index is 346. The Morgan fingerprint density at radius 3 is 2.33 bits per heavy atom. The fraction of sp³-hybridized carbons (Fsp3) is 0.889. The van der Waals surface area contributed by atoms with Gasteiger partial charge in [-0.25, -0.2) is 8.42 Å². The van der Waals surface area contributed by atoms with Crippen LogP contribution in [0.25, 0.3) is 0 Å². The average molecular weight is 289 g/mol. The molecule has 1 amide bonds. The van der Waals surface area contributed by atoms with E-state index < -0.39 is 21.4 Å². The minimum Gasteiger partial charge on any atom is -0.748 e. The van der Waals surface area contributed by atoms with Crippen molar-refractivity contribution in [3.63, 3.8) is 0 Å². The molecule has 0 heterocycles. The Hall–Kier alpha value is 0.300. The van der Waals surface area contributed by atoms with E-state index >= 15 is 0 Å². The molecule has 0 aromatic carbocycles. The molecule has 0 aromatic heterocycles. The smallest absolute Gasteiger partial charge is 0.748 e. The van der Waals surface area contributed by atoms with Crippen LogP contribution in [0.2, 0.25) is 0 Å². The quantitative estimate of drug-likeness (QED) is 0.234. The first-order valence-electron chi connectivity index (χ1n) is 5.32. The summed E-state index contributed by atoms with van der Waals surface area (Å²) in [6.07, 6.45) is 0.211. The molecule has 0 unspecified atom stereocenters. The van der Waals surface area contributed by atoms with Crippen LogP contribution in [0.5, 0.6) is 0 Å². The predicted molar refractivity (Wildman–Crippen MR) is 63.3 cm³/mol. The van der Waals surface area contributed by atoms with Crippen molar-refractivity contribution in [3.8, 4) is 0 Å². The van der Waals surface area contributed by atoms with Crippen LogP contribution in [0, 0.1) is 0 Å². The van der Waals surface area contributed by atoms with Crippen LogP contribution < -0.4 is 45.9 Å². The second kappa shape index (κ2) is 9.24. The van der Waals surface area contributed by atoms with Crippen molar-refractivity contribution in [2.45, 2.75) is 25.8 Å². The van der Waals surface area contributed by atoms with Gasteiger partial charge in [-0.2, -0.15) is 0 Å². The zero-order valence-corrected chi connectivity index (χ0v) is 14.0. The van der Waals surface area contributed by atoms with Crippen molar-refractivity contribution in [2.24, 2.45) is 5.73 Å². The van der Waals surface area contributed by atoms with Gasteiger partial charge in [0.1, 0.15) is 0 Å². The Kier molecular flexibility index (Phi) is 10.6. The van der Waals surface area contributed by atoms with Gasteiger partial charge in [-0.05, 0) is 13.8 Å². The largest absolute Gasteiger partial charge is 1.00 e. The van der Waals surface area contributed by atoms with Gasteiger partial charge in [0.25, 0.3) is 0 Å². The van der Waals surface area contributed by atoms with Crippen LogP contribution in [-0.2, 0) is 14.9 Å². The molecule has 0 bridgehead atoms. The van der Waals surface area contributed by atoms with Gasteiger partial charge in [-0.1, -0.05) is 0 Å². The standard InChI is InChI=1S/C9H21N3O4S.Na/c1-9(2,7-17(14,15)16)12-8(13)3-5-11-6-4-10;/h11H,3-7,10H2,1-2H3,(H,12,13)(H,14,15,16);/q;+1/p-1. The first kappa shape index (κ1) is 20.6. The molecule has 0 radical (unpaired) electrons. The van der Waals surface area contributed by atoms with E-state index in [1.165, 1.54) is 13.8 Å². The molecule has 0 fully saturated rings. The van der Waals surface area contributed by atoms with Crippen LogP contribution in [0.1, 0.15) is 20.3 Å². The Morgan fingerprint density at radius 2 is 1.89 bits per heavy atom. The van der Waals surface area contributed by atoms with E-state index in [1.807, 2.05) is 0 Å². The number of rotatable bonds is 8. The van der Waals surface area contributed by atoms with Crippen LogP contribution in [0.4, 0.5) is 0 Å². The van der Waals surface area contributed by atoms with Gasteiger partial charge >= 0.3 is 29.6 Å². The number of carbonyl (C=O) groups excluding carboxylic acids is 1. The number of nitrogens with one attached hydrogen (secondary N) is 2. The van der Waals surface area contributed by atoms with E-state index in [4.69, 9.17) is 5.73 Å². The molecule has 102 valence electrons. The molecule has 0 rings (SSSR count). The maximum Gasteiger partial charge on any atom is 1.00 e. The average Bonchev–Trinajstić information content (AvgIpc) is 2.07.